The van der Waals surface area contributed by atoms with Crippen LogP contribution in [-0.2, 0) is 5.41 Å². The van der Waals surface area contributed by atoms with E-state index in [-0.39, 0.29) is 5.41 Å². The first kappa shape index (κ1) is 23.9. The molecule has 0 N–H and O–H groups in total. The van der Waals surface area contributed by atoms with Gasteiger partial charge < -0.3 is 0 Å². The summed E-state index contributed by atoms with van der Waals surface area (Å²) in [5, 5.41) is 5.17. The summed E-state index contributed by atoms with van der Waals surface area (Å²) in [5.41, 5.74) is 13.1. The summed E-state index contributed by atoms with van der Waals surface area (Å²) in [6.07, 6.45) is 0. The van der Waals surface area contributed by atoms with Crippen LogP contribution in [0.15, 0.2) is 146 Å². The number of rotatable bonds is 3. The van der Waals surface area contributed by atoms with Crippen molar-refractivity contribution in [3.05, 3.63) is 157 Å². The van der Waals surface area contributed by atoms with Gasteiger partial charge in [-0.2, -0.15) is 0 Å². The summed E-state index contributed by atoms with van der Waals surface area (Å²) in [6, 6.07) is 53.6. The molecule has 0 heteroatoms. The number of fused-ring (bicyclic) bond motifs is 5. The van der Waals surface area contributed by atoms with Gasteiger partial charge in [0.25, 0.3) is 0 Å². The molecular weight excluding hydrogens is 492 g/mol. The minimum atomic E-state index is -0.0558. The van der Waals surface area contributed by atoms with Crippen LogP contribution in [0.3, 0.4) is 0 Å². The Kier molecular flexibility index (Phi) is 5.27. The Morgan fingerprint density at radius 3 is 1.68 bits per heavy atom. The van der Waals surface area contributed by atoms with Crippen LogP contribution in [0, 0.1) is 0 Å². The van der Waals surface area contributed by atoms with Crippen molar-refractivity contribution >= 4 is 21.5 Å². The van der Waals surface area contributed by atoms with Gasteiger partial charge in [0.15, 0.2) is 0 Å². The monoisotopic (exact) mass is 522 g/mol. The second kappa shape index (κ2) is 9.04. The molecule has 7 aromatic rings. The molecule has 0 aromatic heterocycles. The highest BCUT2D eigenvalue weighted by atomic mass is 14.4. The Labute approximate surface area is 241 Å². The van der Waals surface area contributed by atoms with Crippen molar-refractivity contribution in [3.63, 3.8) is 0 Å². The van der Waals surface area contributed by atoms with Crippen molar-refractivity contribution in [2.45, 2.75) is 19.3 Å². The van der Waals surface area contributed by atoms with E-state index in [9.17, 15) is 0 Å². The lowest BCUT2D eigenvalue weighted by molar-refractivity contribution is 0.660. The van der Waals surface area contributed by atoms with E-state index in [2.05, 4.69) is 159 Å². The predicted octanol–water partition coefficient (Wildman–Crippen LogP) is 11.3. The topological polar surface area (TPSA) is 0 Å². The SMILES string of the molecule is CC1(C)c2ccccc2-c2ccc(-c3c4ccccc4c(-c4ccccc4)c4cccc(-c5ccccc5)c34)cc21. The van der Waals surface area contributed by atoms with Gasteiger partial charge in [0.2, 0.25) is 0 Å². The lowest BCUT2D eigenvalue weighted by Gasteiger charge is -2.23. The molecule has 0 nitrogen and oxygen atoms in total. The van der Waals surface area contributed by atoms with Crippen LogP contribution in [0.4, 0.5) is 0 Å². The molecule has 1 aliphatic rings. The van der Waals surface area contributed by atoms with Crippen molar-refractivity contribution in [2.24, 2.45) is 0 Å². The largest absolute Gasteiger partial charge is 0.0622 e. The smallest absolute Gasteiger partial charge is 0.0159 e. The molecule has 0 unspecified atom stereocenters. The van der Waals surface area contributed by atoms with Gasteiger partial charge in [0, 0.05) is 5.41 Å². The third-order valence-electron chi connectivity index (χ3n) is 9.07. The molecule has 0 aliphatic heterocycles. The molecule has 0 amide bonds. The molecule has 0 saturated carbocycles. The molecule has 41 heavy (non-hydrogen) atoms. The van der Waals surface area contributed by atoms with Crippen LogP contribution < -0.4 is 0 Å². The van der Waals surface area contributed by atoms with Crippen molar-refractivity contribution in [3.8, 4) is 44.5 Å². The molecule has 0 heterocycles. The van der Waals surface area contributed by atoms with Gasteiger partial charge >= 0.3 is 0 Å². The van der Waals surface area contributed by atoms with Crippen molar-refractivity contribution in [1.29, 1.82) is 0 Å². The maximum atomic E-state index is 2.47. The van der Waals surface area contributed by atoms with E-state index in [4.69, 9.17) is 0 Å². The molecule has 1 aliphatic carbocycles. The molecule has 8 rings (SSSR count). The van der Waals surface area contributed by atoms with Crippen LogP contribution in [0.2, 0.25) is 0 Å². The zero-order chi connectivity index (χ0) is 27.6. The summed E-state index contributed by atoms with van der Waals surface area (Å²) in [4.78, 5) is 0. The van der Waals surface area contributed by atoms with Gasteiger partial charge in [-0.3, -0.25) is 0 Å². The fourth-order valence-corrected chi connectivity index (χ4v) is 7.16. The van der Waals surface area contributed by atoms with Gasteiger partial charge in [-0.25, -0.2) is 0 Å². The van der Waals surface area contributed by atoms with Gasteiger partial charge in [0.05, 0.1) is 0 Å². The first-order chi connectivity index (χ1) is 20.1. The second-order valence-electron chi connectivity index (χ2n) is 11.7. The highest BCUT2D eigenvalue weighted by molar-refractivity contribution is 6.24. The van der Waals surface area contributed by atoms with E-state index < -0.39 is 0 Å². The molecule has 0 spiro atoms. The Morgan fingerprint density at radius 1 is 0.366 bits per heavy atom. The molecular formula is C41H30. The predicted molar refractivity (Wildman–Crippen MR) is 175 cm³/mol. The van der Waals surface area contributed by atoms with Crippen LogP contribution in [-0.4, -0.2) is 0 Å². The molecule has 194 valence electrons. The Bertz CT molecular complexity index is 2100. The highest BCUT2D eigenvalue weighted by Gasteiger charge is 2.35. The maximum absolute atomic E-state index is 2.47. The number of hydrogen-bond acceptors (Lipinski definition) is 0. The highest BCUT2D eigenvalue weighted by Crippen LogP contribution is 2.52. The van der Waals surface area contributed by atoms with Gasteiger partial charge in [0.1, 0.15) is 0 Å². The van der Waals surface area contributed by atoms with Crippen LogP contribution in [0.25, 0.3) is 66.1 Å². The summed E-state index contributed by atoms with van der Waals surface area (Å²) in [6.45, 7) is 4.73. The summed E-state index contributed by atoms with van der Waals surface area (Å²) in [5.74, 6) is 0. The van der Waals surface area contributed by atoms with Crippen molar-refractivity contribution < 1.29 is 0 Å². The second-order valence-corrected chi connectivity index (χ2v) is 11.7. The average Bonchev–Trinajstić information content (AvgIpc) is 3.26. The van der Waals surface area contributed by atoms with Crippen molar-refractivity contribution in [1.82, 2.24) is 0 Å². The Balaban J connectivity index is 1.53. The minimum absolute atomic E-state index is 0.0558. The van der Waals surface area contributed by atoms with E-state index in [1.54, 1.807) is 0 Å². The van der Waals surface area contributed by atoms with E-state index in [0.29, 0.717) is 0 Å². The molecule has 0 saturated heterocycles. The van der Waals surface area contributed by atoms with Gasteiger partial charge in [-0.1, -0.05) is 153 Å². The lowest BCUT2D eigenvalue weighted by Crippen LogP contribution is -2.14. The van der Waals surface area contributed by atoms with Crippen molar-refractivity contribution in [2.75, 3.05) is 0 Å². The fourth-order valence-electron chi connectivity index (χ4n) is 7.16. The van der Waals surface area contributed by atoms with Crippen LogP contribution >= 0.6 is 0 Å². The minimum Gasteiger partial charge on any atom is -0.0622 e. The Hall–Kier alpha value is -4.94. The molecule has 0 atom stereocenters. The third kappa shape index (κ3) is 3.54. The molecule has 0 bridgehead atoms. The summed E-state index contributed by atoms with van der Waals surface area (Å²) in [7, 11) is 0. The molecule has 0 radical (unpaired) electrons. The van der Waals surface area contributed by atoms with Crippen LogP contribution in [0.5, 0.6) is 0 Å². The zero-order valence-electron chi connectivity index (χ0n) is 23.4. The number of hydrogen-bond donors (Lipinski definition) is 0. The first-order valence-corrected chi connectivity index (χ1v) is 14.5. The van der Waals surface area contributed by atoms with Gasteiger partial charge in [-0.15, -0.1) is 0 Å². The lowest BCUT2D eigenvalue weighted by atomic mass is 9.79. The third-order valence-corrected chi connectivity index (χ3v) is 9.07. The van der Waals surface area contributed by atoms with Crippen LogP contribution in [0.1, 0.15) is 25.0 Å². The fraction of sp³-hybridized carbons (Fsp3) is 0.0732. The van der Waals surface area contributed by atoms with E-state index in [1.165, 1.54) is 77.2 Å². The molecule has 7 aromatic carbocycles. The van der Waals surface area contributed by atoms with E-state index in [0.717, 1.165) is 0 Å². The normalized spacial score (nSPS) is 13.3. The molecule has 0 fully saturated rings. The summed E-state index contributed by atoms with van der Waals surface area (Å²) < 4.78 is 0. The summed E-state index contributed by atoms with van der Waals surface area (Å²) >= 11 is 0. The quantitative estimate of drug-likeness (QED) is 0.202. The maximum Gasteiger partial charge on any atom is 0.0159 e. The first-order valence-electron chi connectivity index (χ1n) is 14.5. The van der Waals surface area contributed by atoms with E-state index in [1.807, 2.05) is 0 Å². The zero-order valence-corrected chi connectivity index (χ0v) is 23.4. The average molecular weight is 523 g/mol. The number of benzene rings is 7. The standard InChI is InChI=1S/C41H30/c1-41(2)36-23-12-11-18-31(36)32-25-24-29(26-37(32)41)39-34-20-10-9-19-33(34)38(28-16-7-4-8-17-28)35-22-13-21-30(40(35)39)27-14-5-3-6-15-27/h3-26H,1-2H3. The van der Waals surface area contributed by atoms with Gasteiger partial charge in [-0.05, 0) is 83.2 Å². The Morgan fingerprint density at radius 2 is 0.927 bits per heavy atom. The van der Waals surface area contributed by atoms with E-state index >= 15 is 0 Å².